The molecule has 9 nitrogen and oxygen atoms in total. The fraction of sp³-hybridized carbons (Fsp3) is 0.444. The number of aliphatic imine (C=N–C) groups is 2. The first-order valence-corrected chi connectivity index (χ1v) is 13.3. The summed E-state index contributed by atoms with van der Waals surface area (Å²) in [6, 6.07) is 7.94. The lowest BCUT2D eigenvalue weighted by Crippen LogP contribution is -2.43. The molecule has 3 aromatic rings. The number of nitrogens with one attached hydrogen (secondary N) is 4. The van der Waals surface area contributed by atoms with Crippen LogP contribution in [0.5, 0.6) is 5.75 Å². The minimum Gasteiger partial charge on any atom is -0.470 e. The third kappa shape index (κ3) is 7.36. The highest BCUT2D eigenvalue weighted by Gasteiger charge is 2.25. The summed E-state index contributed by atoms with van der Waals surface area (Å²) in [5.74, 6) is 3.16. The molecule has 0 amide bonds. The van der Waals surface area contributed by atoms with E-state index in [1.165, 1.54) is 12.8 Å². The summed E-state index contributed by atoms with van der Waals surface area (Å²) in [5.41, 5.74) is 2.11. The number of anilines is 1. The number of halogens is 1. The number of benzene rings is 1. The molecule has 4 rings (SSSR count). The highest BCUT2D eigenvalue weighted by molar-refractivity contribution is 6.36. The number of fused-ring (bicyclic) bond motifs is 1. The van der Waals surface area contributed by atoms with Crippen LogP contribution in [0.25, 0.3) is 10.9 Å². The van der Waals surface area contributed by atoms with Crippen LogP contribution >= 0.6 is 11.6 Å². The van der Waals surface area contributed by atoms with Gasteiger partial charge in [-0.05, 0) is 58.7 Å². The Morgan fingerprint density at radius 3 is 2.81 bits per heavy atom. The average molecular weight is 527 g/mol. The molecule has 1 atom stereocenters. The fourth-order valence-electron chi connectivity index (χ4n) is 4.06. The molecule has 1 aromatic carbocycles. The van der Waals surface area contributed by atoms with Crippen molar-refractivity contribution in [1.82, 2.24) is 25.4 Å². The molecule has 200 valence electrons. The molecule has 2 heterocycles. The van der Waals surface area contributed by atoms with E-state index in [9.17, 15) is 0 Å². The minimum atomic E-state index is 0.100. The second-order valence-electron chi connectivity index (χ2n) is 8.59. The summed E-state index contributed by atoms with van der Waals surface area (Å²) in [6.07, 6.45) is 6.13. The molecule has 0 spiro atoms. The van der Waals surface area contributed by atoms with E-state index in [0.717, 1.165) is 35.5 Å². The number of nitrogens with zero attached hydrogens (tertiary/aromatic N) is 4. The molecule has 1 aliphatic carbocycles. The first kappa shape index (κ1) is 28.3. The van der Waals surface area contributed by atoms with Crippen molar-refractivity contribution in [3.05, 3.63) is 53.1 Å². The maximum absolute atomic E-state index is 6.54. The standard InChI is InChI=1S/C25H33ClN8O.C2H6/c1-5-34(16(2)14-27-3)24(13-22(28-4)31-23-12-20(32-33-23)17-6-7-17)30-15-35-21-9-8-19-18(25(21)26)10-11-29-19;1-2/h8-13,16-17,27,29H,4-7,14-15H2,1-3H3,(H2,31,32,33);1-2H3/b22-13+,30-24+;. The topological polar surface area (TPSA) is 106 Å². The molecule has 1 saturated carbocycles. The first-order valence-electron chi connectivity index (χ1n) is 12.9. The van der Waals surface area contributed by atoms with Crippen LogP contribution in [0.2, 0.25) is 5.02 Å². The number of hydrogen-bond donors (Lipinski definition) is 4. The van der Waals surface area contributed by atoms with Crippen molar-refractivity contribution in [1.29, 1.82) is 0 Å². The molecule has 37 heavy (non-hydrogen) atoms. The molecular formula is C27H39ClN8O. The maximum atomic E-state index is 6.54. The predicted molar refractivity (Wildman–Crippen MR) is 155 cm³/mol. The van der Waals surface area contributed by atoms with Gasteiger partial charge < -0.3 is 25.3 Å². The van der Waals surface area contributed by atoms with Crippen molar-refractivity contribution < 1.29 is 4.74 Å². The molecule has 2 aromatic heterocycles. The SMILES string of the molecule is C=N/C(=C\C(=N/COc1ccc2[nH]ccc2c1Cl)N(CC)C(C)CNC)Nc1cc(C2CC2)[nH]n1.CC. The molecule has 0 saturated heterocycles. The van der Waals surface area contributed by atoms with Crippen molar-refractivity contribution in [2.45, 2.75) is 52.5 Å². The Morgan fingerprint density at radius 1 is 1.35 bits per heavy atom. The summed E-state index contributed by atoms with van der Waals surface area (Å²) in [6.45, 7) is 13.6. The van der Waals surface area contributed by atoms with E-state index < -0.39 is 0 Å². The Morgan fingerprint density at radius 2 is 2.14 bits per heavy atom. The maximum Gasteiger partial charge on any atom is 0.181 e. The van der Waals surface area contributed by atoms with Crippen molar-refractivity contribution >= 4 is 40.9 Å². The smallest absolute Gasteiger partial charge is 0.181 e. The molecule has 0 aliphatic heterocycles. The van der Waals surface area contributed by atoms with Crippen molar-refractivity contribution in [2.24, 2.45) is 9.98 Å². The van der Waals surface area contributed by atoms with Crippen molar-refractivity contribution in [2.75, 3.05) is 32.2 Å². The number of hydrogen-bond acceptors (Lipinski definition) is 6. The van der Waals surface area contributed by atoms with Crippen LogP contribution in [0.4, 0.5) is 5.82 Å². The third-order valence-electron chi connectivity index (χ3n) is 6.05. The van der Waals surface area contributed by atoms with Gasteiger partial charge in [-0.1, -0.05) is 25.4 Å². The second kappa shape index (κ2) is 13.9. The lowest BCUT2D eigenvalue weighted by molar-refractivity contribution is 0.313. The number of ether oxygens (including phenoxy) is 1. The van der Waals surface area contributed by atoms with Gasteiger partial charge in [0.2, 0.25) is 0 Å². The number of rotatable bonds is 12. The van der Waals surface area contributed by atoms with E-state index in [0.29, 0.717) is 28.3 Å². The van der Waals surface area contributed by atoms with Gasteiger partial charge in [0, 0.05) is 60.0 Å². The van der Waals surface area contributed by atoms with Crippen LogP contribution in [0, 0.1) is 0 Å². The van der Waals surface area contributed by atoms with Gasteiger partial charge in [-0.3, -0.25) is 5.10 Å². The van der Waals surface area contributed by atoms with Crippen molar-refractivity contribution in [3.8, 4) is 5.75 Å². The van der Waals surface area contributed by atoms with E-state index in [2.05, 4.69) is 56.3 Å². The quantitative estimate of drug-likeness (QED) is 0.177. The van der Waals surface area contributed by atoms with E-state index in [1.54, 1.807) is 0 Å². The summed E-state index contributed by atoms with van der Waals surface area (Å²) < 4.78 is 5.96. The van der Waals surface area contributed by atoms with Gasteiger partial charge in [-0.2, -0.15) is 5.10 Å². The van der Waals surface area contributed by atoms with Gasteiger partial charge in [-0.15, -0.1) is 0 Å². The van der Waals surface area contributed by atoms with Gasteiger partial charge >= 0.3 is 0 Å². The number of aromatic amines is 2. The zero-order valence-corrected chi connectivity index (χ0v) is 23.2. The van der Waals surface area contributed by atoms with Crippen LogP contribution in [0.15, 0.2) is 52.3 Å². The Balaban J connectivity index is 0.00000186. The van der Waals surface area contributed by atoms with Gasteiger partial charge in [0.15, 0.2) is 12.5 Å². The Labute approximate surface area is 224 Å². The number of aromatic nitrogens is 3. The monoisotopic (exact) mass is 526 g/mol. The van der Waals surface area contributed by atoms with Crippen molar-refractivity contribution in [3.63, 3.8) is 0 Å². The van der Waals surface area contributed by atoms with Crippen LogP contribution in [0.3, 0.4) is 0 Å². The normalized spacial score (nSPS) is 14.6. The number of likely N-dealkylation sites (N-methyl/N-ethyl adjacent to an activating group) is 2. The molecule has 4 N–H and O–H groups in total. The lowest BCUT2D eigenvalue weighted by atomic mass is 10.2. The lowest BCUT2D eigenvalue weighted by Gasteiger charge is -2.30. The average Bonchev–Trinajstić information content (AvgIpc) is 3.45. The number of amidine groups is 1. The molecule has 1 unspecified atom stereocenters. The zero-order valence-electron chi connectivity index (χ0n) is 22.4. The van der Waals surface area contributed by atoms with E-state index in [4.69, 9.17) is 21.3 Å². The predicted octanol–water partition coefficient (Wildman–Crippen LogP) is 5.77. The largest absolute Gasteiger partial charge is 0.470 e. The molecular weight excluding hydrogens is 488 g/mol. The van der Waals surface area contributed by atoms with E-state index >= 15 is 0 Å². The van der Waals surface area contributed by atoms with E-state index in [1.807, 2.05) is 57.4 Å². The molecule has 0 bridgehead atoms. The Bertz CT molecular complexity index is 1210. The van der Waals surface area contributed by atoms with Crippen LogP contribution in [-0.2, 0) is 0 Å². The first-order chi connectivity index (χ1) is 18.0. The third-order valence-corrected chi connectivity index (χ3v) is 6.44. The number of H-pyrrole nitrogens is 2. The van der Waals surface area contributed by atoms with Gasteiger partial charge in [-0.25, -0.2) is 9.98 Å². The zero-order chi connectivity index (χ0) is 26.8. The summed E-state index contributed by atoms with van der Waals surface area (Å²) >= 11 is 6.54. The van der Waals surface area contributed by atoms with Gasteiger partial charge in [0.05, 0.1) is 5.02 Å². The second-order valence-corrected chi connectivity index (χ2v) is 8.97. The van der Waals surface area contributed by atoms with Crippen LogP contribution < -0.4 is 15.4 Å². The Hall–Kier alpha value is -3.30. The summed E-state index contributed by atoms with van der Waals surface area (Å²) in [4.78, 5) is 14.3. The Kier molecular flexibility index (Phi) is 10.6. The molecule has 1 fully saturated rings. The molecule has 1 aliphatic rings. The summed E-state index contributed by atoms with van der Waals surface area (Å²) in [5, 5.41) is 15.4. The highest BCUT2D eigenvalue weighted by atomic mass is 35.5. The molecule has 10 heteroatoms. The minimum absolute atomic E-state index is 0.100. The molecule has 0 radical (unpaired) electrons. The summed E-state index contributed by atoms with van der Waals surface area (Å²) in [7, 11) is 1.94. The van der Waals surface area contributed by atoms with Crippen LogP contribution in [0.1, 0.15) is 52.1 Å². The fourth-order valence-corrected chi connectivity index (χ4v) is 4.34. The van der Waals surface area contributed by atoms with Gasteiger partial charge in [0.25, 0.3) is 0 Å². The van der Waals surface area contributed by atoms with E-state index in [-0.39, 0.29) is 12.8 Å². The highest BCUT2D eigenvalue weighted by Crippen LogP contribution is 2.39. The van der Waals surface area contributed by atoms with Crippen LogP contribution in [-0.4, -0.2) is 65.5 Å². The van der Waals surface area contributed by atoms with Gasteiger partial charge in [0.1, 0.15) is 17.4 Å².